The Bertz CT molecular complexity index is 718. The lowest BCUT2D eigenvalue weighted by Crippen LogP contribution is -2.26. The topological polar surface area (TPSA) is 94.3 Å². The lowest BCUT2D eigenvalue weighted by molar-refractivity contribution is 0.0691. The van der Waals surface area contributed by atoms with Gasteiger partial charge in [-0.1, -0.05) is 6.07 Å². The van der Waals surface area contributed by atoms with E-state index in [9.17, 15) is 9.59 Å². The Morgan fingerprint density at radius 3 is 2.80 bits per heavy atom. The largest absolute Gasteiger partial charge is 0.476 e. The molecule has 0 saturated carbocycles. The SMILES string of the molecule is CN(C(=O)c1nc(C(=O)O)cs1)c1cccc(C#N)c1. The fourth-order valence-corrected chi connectivity index (χ4v) is 2.28. The van der Waals surface area contributed by atoms with Gasteiger partial charge in [0, 0.05) is 18.1 Å². The van der Waals surface area contributed by atoms with Crippen LogP contribution in [-0.2, 0) is 0 Å². The number of nitrogens with zero attached hydrogens (tertiary/aromatic N) is 3. The Hall–Kier alpha value is -2.72. The second-order valence-electron chi connectivity index (χ2n) is 3.87. The smallest absolute Gasteiger partial charge is 0.355 e. The van der Waals surface area contributed by atoms with Crippen molar-refractivity contribution in [1.82, 2.24) is 4.98 Å². The summed E-state index contributed by atoms with van der Waals surface area (Å²) < 4.78 is 0. The number of aromatic nitrogens is 1. The fraction of sp³-hybridized carbons (Fsp3) is 0.0769. The van der Waals surface area contributed by atoms with Crippen molar-refractivity contribution in [2.45, 2.75) is 0 Å². The molecule has 0 aliphatic heterocycles. The molecule has 0 unspecified atom stereocenters. The lowest BCUT2D eigenvalue weighted by Gasteiger charge is -2.15. The van der Waals surface area contributed by atoms with Crippen LogP contribution in [-0.4, -0.2) is 29.0 Å². The van der Waals surface area contributed by atoms with Gasteiger partial charge in [-0.25, -0.2) is 9.78 Å². The van der Waals surface area contributed by atoms with Gasteiger partial charge in [-0.05, 0) is 18.2 Å². The van der Waals surface area contributed by atoms with E-state index in [1.807, 2.05) is 6.07 Å². The second-order valence-corrected chi connectivity index (χ2v) is 4.73. The maximum Gasteiger partial charge on any atom is 0.355 e. The van der Waals surface area contributed by atoms with Gasteiger partial charge in [0.25, 0.3) is 5.91 Å². The van der Waals surface area contributed by atoms with Gasteiger partial charge in [0.1, 0.15) is 0 Å². The van der Waals surface area contributed by atoms with Crippen molar-refractivity contribution in [3.8, 4) is 6.07 Å². The molecule has 0 saturated heterocycles. The number of carbonyl (C=O) groups excluding carboxylic acids is 1. The number of hydrogen-bond acceptors (Lipinski definition) is 5. The number of hydrogen-bond donors (Lipinski definition) is 1. The predicted molar refractivity (Wildman–Crippen MR) is 73.0 cm³/mol. The second kappa shape index (κ2) is 5.50. The van der Waals surface area contributed by atoms with E-state index >= 15 is 0 Å². The van der Waals surface area contributed by atoms with Gasteiger partial charge in [0.15, 0.2) is 10.7 Å². The van der Waals surface area contributed by atoms with Gasteiger partial charge >= 0.3 is 5.97 Å². The van der Waals surface area contributed by atoms with Crippen LogP contribution in [0.5, 0.6) is 0 Å². The van der Waals surface area contributed by atoms with E-state index in [1.165, 1.54) is 10.3 Å². The molecule has 2 rings (SSSR count). The number of carboxylic acid groups (broad SMARTS) is 1. The van der Waals surface area contributed by atoms with Crippen molar-refractivity contribution < 1.29 is 14.7 Å². The molecule has 1 N–H and O–H groups in total. The Morgan fingerprint density at radius 2 is 2.20 bits per heavy atom. The minimum Gasteiger partial charge on any atom is -0.476 e. The number of amides is 1. The van der Waals surface area contributed by atoms with E-state index in [2.05, 4.69) is 4.98 Å². The minimum absolute atomic E-state index is 0.0901. The maximum atomic E-state index is 12.2. The maximum absolute atomic E-state index is 12.2. The molecule has 6 nitrogen and oxygen atoms in total. The van der Waals surface area contributed by atoms with Crippen LogP contribution in [0.4, 0.5) is 5.69 Å². The van der Waals surface area contributed by atoms with E-state index in [4.69, 9.17) is 10.4 Å². The zero-order valence-corrected chi connectivity index (χ0v) is 11.2. The first kappa shape index (κ1) is 13.7. The Kier molecular flexibility index (Phi) is 3.77. The van der Waals surface area contributed by atoms with Crippen LogP contribution >= 0.6 is 11.3 Å². The number of benzene rings is 1. The number of anilines is 1. The van der Waals surface area contributed by atoms with Gasteiger partial charge in [0.2, 0.25) is 0 Å². The van der Waals surface area contributed by atoms with Crippen LogP contribution < -0.4 is 4.90 Å². The van der Waals surface area contributed by atoms with Crippen molar-refractivity contribution in [3.63, 3.8) is 0 Å². The summed E-state index contributed by atoms with van der Waals surface area (Å²) in [5.41, 5.74) is 0.825. The average molecular weight is 287 g/mol. The summed E-state index contributed by atoms with van der Waals surface area (Å²) >= 11 is 0.971. The summed E-state index contributed by atoms with van der Waals surface area (Å²) in [7, 11) is 1.54. The molecule has 0 spiro atoms. The Balaban J connectivity index is 2.27. The highest BCUT2D eigenvalue weighted by atomic mass is 32.1. The Labute approximate surface area is 118 Å². The molecule has 0 aliphatic rings. The van der Waals surface area contributed by atoms with Crippen molar-refractivity contribution in [1.29, 1.82) is 5.26 Å². The third kappa shape index (κ3) is 2.65. The zero-order valence-electron chi connectivity index (χ0n) is 10.4. The molecule has 0 aliphatic carbocycles. The average Bonchev–Trinajstić information content (AvgIpc) is 2.95. The lowest BCUT2D eigenvalue weighted by atomic mass is 10.2. The molecule has 1 amide bonds. The first-order valence-electron chi connectivity index (χ1n) is 5.50. The summed E-state index contributed by atoms with van der Waals surface area (Å²) in [5, 5.41) is 19.0. The first-order valence-corrected chi connectivity index (χ1v) is 6.38. The zero-order chi connectivity index (χ0) is 14.7. The van der Waals surface area contributed by atoms with Crippen molar-refractivity contribution in [2.75, 3.05) is 11.9 Å². The van der Waals surface area contributed by atoms with Crippen LogP contribution in [0.15, 0.2) is 29.6 Å². The summed E-state index contributed by atoms with van der Waals surface area (Å²) in [4.78, 5) is 28.0. The van der Waals surface area contributed by atoms with Crippen LogP contribution in [0.2, 0.25) is 0 Å². The van der Waals surface area contributed by atoms with Crippen molar-refractivity contribution in [3.05, 3.63) is 45.9 Å². The summed E-state index contributed by atoms with van der Waals surface area (Å²) in [5.74, 6) is -1.59. The van der Waals surface area contributed by atoms with Gasteiger partial charge < -0.3 is 10.0 Å². The highest BCUT2D eigenvalue weighted by Gasteiger charge is 2.19. The van der Waals surface area contributed by atoms with Crippen LogP contribution in [0.25, 0.3) is 0 Å². The van der Waals surface area contributed by atoms with E-state index in [0.717, 1.165) is 11.3 Å². The van der Waals surface area contributed by atoms with Crippen LogP contribution in [0.1, 0.15) is 25.9 Å². The molecule has 0 radical (unpaired) electrons. The summed E-state index contributed by atoms with van der Waals surface area (Å²) in [6.45, 7) is 0. The van der Waals surface area contributed by atoms with Crippen molar-refractivity contribution in [2.24, 2.45) is 0 Å². The highest BCUT2D eigenvalue weighted by molar-refractivity contribution is 7.12. The van der Waals surface area contributed by atoms with Crippen molar-refractivity contribution >= 4 is 28.9 Å². The normalized spacial score (nSPS) is 9.80. The molecule has 7 heteroatoms. The number of carboxylic acids is 1. The molecule has 20 heavy (non-hydrogen) atoms. The predicted octanol–water partition coefficient (Wildman–Crippen LogP) is 1.99. The molecule has 0 bridgehead atoms. The fourth-order valence-electron chi connectivity index (χ4n) is 1.52. The number of thiazole rings is 1. The van der Waals surface area contributed by atoms with Gasteiger partial charge in [0.05, 0.1) is 11.6 Å². The summed E-state index contributed by atoms with van der Waals surface area (Å²) in [6, 6.07) is 8.55. The number of carbonyl (C=O) groups is 2. The van der Waals surface area contributed by atoms with Crippen LogP contribution in [0, 0.1) is 11.3 Å². The molecule has 0 atom stereocenters. The van der Waals surface area contributed by atoms with E-state index in [1.54, 1.807) is 31.3 Å². The molecule has 1 aromatic heterocycles. The minimum atomic E-state index is -1.17. The van der Waals surface area contributed by atoms with Gasteiger partial charge in [-0.2, -0.15) is 5.26 Å². The number of aromatic carboxylic acids is 1. The third-order valence-electron chi connectivity index (χ3n) is 2.57. The molecular formula is C13H9N3O3S. The standard InChI is InChI=1S/C13H9N3O3S/c1-16(9-4-2-3-8(5-9)6-14)12(17)11-15-10(7-20-11)13(18)19/h2-5,7H,1H3,(H,18,19). The molecule has 0 fully saturated rings. The van der Waals surface area contributed by atoms with Gasteiger partial charge in [-0.15, -0.1) is 11.3 Å². The van der Waals surface area contributed by atoms with E-state index in [-0.39, 0.29) is 10.7 Å². The molecular weight excluding hydrogens is 278 g/mol. The Morgan fingerprint density at radius 1 is 1.45 bits per heavy atom. The number of nitriles is 1. The molecule has 1 heterocycles. The number of rotatable bonds is 3. The van der Waals surface area contributed by atoms with E-state index in [0.29, 0.717) is 11.3 Å². The van der Waals surface area contributed by atoms with E-state index < -0.39 is 11.9 Å². The van der Waals surface area contributed by atoms with Crippen LogP contribution in [0.3, 0.4) is 0 Å². The van der Waals surface area contributed by atoms with Gasteiger partial charge in [-0.3, -0.25) is 4.79 Å². The quantitative estimate of drug-likeness (QED) is 0.931. The molecule has 100 valence electrons. The first-order chi connectivity index (χ1) is 9.52. The molecule has 2 aromatic rings. The third-order valence-corrected chi connectivity index (χ3v) is 3.40. The molecule has 1 aromatic carbocycles. The highest BCUT2D eigenvalue weighted by Crippen LogP contribution is 2.19. The monoisotopic (exact) mass is 287 g/mol. The summed E-state index contributed by atoms with van der Waals surface area (Å²) in [6.07, 6.45) is 0.